The summed E-state index contributed by atoms with van der Waals surface area (Å²) in [5, 5.41) is 12.1. The summed E-state index contributed by atoms with van der Waals surface area (Å²) in [5.74, 6) is -1.79. The molecule has 0 unspecified atom stereocenters. The maximum atomic E-state index is 12.9. The number of likely N-dealkylation sites (tertiary alicyclic amines) is 1. The quantitative estimate of drug-likeness (QED) is 0.422. The molecule has 8 heteroatoms. The summed E-state index contributed by atoms with van der Waals surface area (Å²) in [6.07, 6.45) is 3.21. The number of hydrogen-bond acceptors (Lipinski definition) is 5. The van der Waals surface area contributed by atoms with Crippen LogP contribution in [-0.2, 0) is 20.8 Å². The molecule has 0 aliphatic carbocycles. The highest BCUT2D eigenvalue weighted by molar-refractivity contribution is 5.92. The number of benzene rings is 1. The highest BCUT2D eigenvalue weighted by atomic mass is 16.4. The predicted octanol–water partition coefficient (Wildman–Crippen LogP) is 0.246. The van der Waals surface area contributed by atoms with Gasteiger partial charge in [0.05, 0.1) is 6.04 Å². The van der Waals surface area contributed by atoms with Gasteiger partial charge in [0.1, 0.15) is 12.1 Å². The molecule has 3 atom stereocenters. The number of carbonyl (C=O) groups is 3. The molecule has 28 heavy (non-hydrogen) atoms. The second-order valence-corrected chi connectivity index (χ2v) is 7.17. The second kappa shape index (κ2) is 10.8. The maximum Gasteiger partial charge on any atom is 0.326 e. The van der Waals surface area contributed by atoms with Crippen molar-refractivity contribution in [2.75, 3.05) is 13.1 Å². The van der Waals surface area contributed by atoms with Crippen molar-refractivity contribution in [3.05, 3.63) is 35.9 Å². The highest BCUT2D eigenvalue weighted by Gasteiger charge is 2.37. The van der Waals surface area contributed by atoms with Gasteiger partial charge in [-0.3, -0.25) is 9.59 Å². The fourth-order valence-corrected chi connectivity index (χ4v) is 3.48. The van der Waals surface area contributed by atoms with Gasteiger partial charge in [0.15, 0.2) is 0 Å². The van der Waals surface area contributed by atoms with Crippen molar-refractivity contribution in [3.8, 4) is 0 Å². The predicted molar refractivity (Wildman–Crippen MR) is 105 cm³/mol. The van der Waals surface area contributed by atoms with E-state index in [2.05, 4.69) is 5.32 Å². The van der Waals surface area contributed by atoms with Crippen LogP contribution in [0.1, 0.15) is 37.7 Å². The third kappa shape index (κ3) is 6.03. The smallest absolute Gasteiger partial charge is 0.326 e. The SMILES string of the molecule is NCCCC[C@H](NC(=O)[C@@H](N)Cc1ccccc1)C(=O)N1CCC[C@@H]1C(=O)O. The number of amides is 2. The van der Waals surface area contributed by atoms with E-state index in [-0.39, 0.29) is 5.91 Å². The largest absolute Gasteiger partial charge is 0.480 e. The summed E-state index contributed by atoms with van der Waals surface area (Å²) >= 11 is 0. The van der Waals surface area contributed by atoms with E-state index in [1.807, 2.05) is 30.3 Å². The van der Waals surface area contributed by atoms with E-state index < -0.39 is 30.0 Å². The van der Waals surface area contributed by atoms with E-state index in [0.717, 1.165) is 12.0 Å². The van der Waals surface area contributed by atoms with Crippen molar-refractivity contribution in [2.24, 2.45) is 11.5 Å². The Labute approximate surface area is 165 Å². The van der Waals surface area contributed by atoms with Gasteiger partial charge in [-0.2, -0.15) is 0 Å². The minimum Gasteiger partial charge on any atom is -0.480 e. The minimum absolute atomic E-state index is 0.359. The van der Waals surface area contributed by atoms with Gasteiger partial charge >= 0.3 is 5.97 Å². The number of nitrogens with one attached hydrogen (secondary N) is 1. The monoisotopic (exact) mass is 390 g/mol. The molecule has 0 bridgehead atoms. The van der Waals surface area contributed by atoms with Gasteiger partial charge in [0, 0.05) is 6.54 Å². The first-order valence-corrected chi connectivity index (χ1v) is 9.77. The van der Waals surface area contributed by atoms with E-state index >= 15 is 0 Å². The van der Waals surface area contributed by atoms with Crippen LogP contribution in [0.15, 0.2) is 30.3 Å². The van der Waals surface area contributed by atoms with Crippen LogP contribution < -0.4 is 16.8 Å². The van der Waals surface area contributed by atoms with Crippen molar-refractivity contribution in [1.82, 2.24) is 10.2 Å². The Morgan fingerprint density at radius 1 is 1.21 bits per heavy atom. The fourth-order valence-electron chi connectivity index (χ4n) is 3.48. The zero-order valence-corrected chi connectivity index (χ0v) is 16.0. The summed E-state index contributed by atoms with van der Waals surface area (Å²) in [5.41, 5.74) is 12.5. The van der Waals surface area contributed by atoms with Crippen molar-refractivity contribution in [1.29, 1.82) is 0 Å². The zero-order valence-electron chi connectivity index (χ0n) is 16.0. The van der Waals surface area contributed by atoms with E-state index in [4.69, 9.17) is 11.5 Å². The molecule has 0 spiro atoms. The van der Waals surface area contributed by atoms with E-state index in [0.29, 0.717) is 45.2 Å². The number of hydrogen-bond donors (Lipinski definition) is 4. The van der Waals surface area contributed by atoms with E-state index in [9.17, 15) is 19.5 Å². The molecule has 2 rings (SSSR count). The molecule has 1 aliphatic rings. The Morgan fingerprint density at radius 2 is 1.93 bits per heavy atom. The molecular formula is C20H30N4O4. The Hall–Kier alpha value is -2.45. The van der Waals surface area contributed by atoms with Crippen LogP contribution in [0, 0.1) is 0 Å². The zero-order chi connectivity index (χ0) is 20.5. The van der Waals surface area contributed by atoms with Crippen LogP contribution >= 0.6 is 0 Å². The number of aliphatic carboxylic acids is 1. The number of carboxylic acids is 1. The second-order valence-electron chi connectivity index (χ2n) is 7.17. The van der Waals surface area contributed by atoms with Crippen LogP contribution in [0.25, 0.3) is 0 Å². The molecule has 8 nitrogen and oxygen atoms in total. The average Bonchev–Trinajstić information content (AvgIpc) is 3.17. The third-order valence-corrected chi connectivity index (χ3v) is 5.02. The fraction of sp³-hybridized carbons (Fsp3) is 0.550. The molecule has 0 saturated carbocycles. The van der Waals surface area contributed by atoms with Crippen LogP contribution in [0.3, 0.4) is 0 Å². The Morgan fingerprint density at radius 3 is 2.57 bits per heavy atom. The number of carboxylic acid groups (broad SMARTS) is 1. The number of nitrogens with two attached hydrogens (primary N) is 2. The molecule has 1 saturated heterocycles. The summed E-state index contributed by atoms with van der Waals surface area (Å²) in [7, 11) is 0. The Kier molecular flexibility index (Phi) is 8.41. The summed E-state index contributed by atoms with van der Waals surface area (Å²) in [6, 6.07) is 6.99. The normalized spacial score (nSPS) is 18.5. The first-order chi connectivity index (χ1) is 13.4. The number of nitrogens with zero attached hydrogens (tertiary/aromatic N) is 1. The lowest BCUT2D eigenvalue weighted by Crippen LogP contribution is -2.54. The molecule has 1 aromatic rings. The van der Waals surface area contributed by atoms with Gasteiger partial charge in [-0.05, 0) is 50.6 Å². The van der Waals surface area contributed by atoms with Crippen LogP contribution in [0.5, 0.6) is 0 Å². The average molecular weight is 390 g/mol. The Bertz CT molecular complexity index is 667. The van der Waals surface area contributed by atoms with Gasteiger partial charge in [-0.25, -0.2) is 4.79 Å². The van der Waals surface area contributed by atoms with Gasteiger partial charge in [-0.15, -0.1) is 0 Å². The maximum absolute atomic E-state index is 12.9. The molecule has 1 heterocycles. The van der Waals surface area contributed by atoms with Gasteiger partial charge in [0.25, 0.3) is 0 Å². The highest BCUT2D eigenvalue weighted by Crippen LogP contribution is 2.20. The van der Waals surface area contributed by atoms with Crippen LogP contribution in [0.4, 0.5) is 0 Å². The topological polar surface area (TPSA) is 139 Å². The van der Waals surface area contributed by atoms with Crippen LogP contribution in [-0.4, -0.2) is 59.0 Å². The Balaban J connectivity index is 2.03. The van der Waals surface area contributed by atoms with Gasteiger partial charge in [-0.1, -0.05) is 30.3 Å². The number of carbonyl (C=O) groups excluding carboxylic acids is 2. The van der Waals surface area contributed by atoms with Crippen LogP contribution in [0.2, 0.25) is 0 Å². The van der Waals surface area contributed by atoms with E-state index in [1.54, 1.807) is 0 Å². The molecule has 0 radical (unpaired) electrons. The summed E-state index contributed by atoms with van der Waals surface area (Å²) in [4.78, 5) is 38.3. The molecule has 1 fully saturated rings. The first-order valence-electron chi connectivity index (χ1n) is 9.77. The molecule has 1 aliphatic heterocycles. The molecule has 2 amide bonds. The lowest BCUT2D eigenvalue weighted by molar-refractivity contribution is -0.149. The standard InChI is InChI=1S/C20H30N4O4/c21-11-5-4-9-16(19(26)24-12-6-10-17(24)20(27)28)23-18(25)15(22)13-14-7-2-1-3-8-14/h1-3,7-8,15-17H,4-6,9-13,21-22H2,(H,23,25)(H,27,28)/t15-,16-,17+/m0/s1. The van der Waals surface area contributed by atoms with Gasteiger partial charge < -0.3 is 26.8 Å². The summed E-state index contributed by atoms with van der Waals surface area (Å²) in [6.45, 7) is 0.874. The molecule has 1 aromatic carbocycles. The third-order valence-electron chi connectivity index (χ3n) is 5.02. The molecule has 154 valence electrons. The van der Waals surface area contributed by atoms with Crippen molar-refractivity contribution >= 4 is 17.8 Å². The molecular weight excluding hydrogens is 360 g/mol. The molecule has 0 aromatic heterocycles. The van der Waals surface area contributed by atoms with Crippen molar-refractivity contribution in [2.45, 2.75) is 56.7 Å². The lowest BCUT2D eigenvalue weighted by atomic mass is 10.0. The number of rotatable bonds is 10. The lowest BCUT2D eigenvalue weighted by Gasteiger charge is -2.28. The van der Waals surface area contributed by atoms with Crippen molar-refractivity contribution in [3.63, 3.8) is 0 Å². The first kappa shape index (κ1) is 21.8. The number of unbranched alkanes of at least 4 members (excludes halogenated alkanes) is 1. The summed E-state index contributed by atoms with van der Waals surface area (Å²) < 4.78 is 0. The molecule has 6 N–H and O–H groups in total. The van der Waals surface area contributed by atoms with Crippen molar-refractivity contribution < 1.29 is 19.5 Å². The minimum atomic E-state index is -1.02. The van der Waals surface area contributed by atoms with Gasteiger partial charge in [0.2, 0.25) is 11.8 Å². The van der Waals surface area contributed by atoms with E-state index in [1.165, 1.54) is 4.90 Å².